The second-order valence-electron chi connectivity index (χ2n) is 4.43. The zero-order valence-electron chi connectivity index (χ0n) is 10.7. The van der Waals surface area contributed by atoms with Gasteiger partial charge in [0.1, 0.15) is 5.82 Å². The van der Waals surface area contributed by atoms with Gasteiger partial charge in [0.2, 0.25) is 0 Å². The van der Waals surface area contributed by atoms with Crippen LogP contribution in [0.1, 0.15) is 30.4 Å². The monoisotopic (exact) mass is 245 g/mol. The number of imidazole rings is 1. The molecule has 0 radical (unpaired) electrons. The number of hydrogen-bond donors (Lipinski definition) is 2. The molecule has 2 atom stereocenters. The van der Waals surface area contributed by atoms with E-state index in [9.17, 15) is 5.11 Å². The highest BCUT2D eigenvalue weighted by Gasteiger charge is 2.16. The summed E-state index contributed by atoms with van der Waals surface area (Å²) < 4.78 is 1.98. The summed E-state index contributed by atoms with van der Waals surface area (Å²) in [4.78, 5) is 4.32. The third-order valence-electron chi connectivity index (χ3n) is 3.08. The molecule has 1 aromatic carbocycles. The van der Waals surface area contributed by atoms with Gasteiger partial charge in [0.15, 0.2) is 0 Å². The van der Waals surface area contributed by atoms with Crippen LogP contribution in [0.15, 0.2) is 42.7 Å². The Morgan fingerprint density at radius 2 is 2.06 bits per heavy atom. The van der Waals surface area contributed by atoms with E-state index in [1.807, 2.05) is 55.1 Å². The number of aliphatic hydroxyl groups excluding tert-OH is 1. The van der Waals surface area contributed by atoms with Gasteiger partial charge in [-0.3, -0.25) is 5.32 Å². The molecule has 0 spiro atoms. The summed E-state index contributed by atoms with van der Waals surface area (Å²) in [5.41, 5.74) is 1.08. The fourth-order valence-corrected chi connectivity index (χ4v) is 2.11. The number of aromatic nitrogens is 2. The van der Waals surface area contributed by atoms with Gasteiger partial charge < -0.3 is 9.67 Å². The molecule has 4 nitrogen and oxygen atoms in total. The van der Waals surface area contributed by atoms with Crippen LogP contribution in [0.5, 0.6) is 0 Å². The van der Waals surface area contributed by atoms with Gasteiger partial charge in [0.05, 0.1) is 18.7 Å². The van der Waals surface area contributed by atoms with Gasteiger partial charge in [-0.25, -0.2) is 4.98 Å². The molecule has 1 aromatic heterocycles. The third kappa shape index (κ3) is 2.78. The lowest BCUT2D eigenvalue weighted by atomic mass is 10.1. The largest absolute Gasteiger partial charge is 0.394 e. The highest BCUT2D eigenvalue weighted by molar-refractivity contribution is 5.19. The van der Waals surface area contributed by atoms with Crippen LogP contribution in [-0.4, -0.2) is 21.3 Å². The highest BCUT2D eigenvalue weighted by Crippen LogP contribution is 2.17. The molecule has 2 unspecified atom stereocenters. The molecule has 0 aliphatic heterocycles. The van der Waals surface area contributed by atoms with Crippen molar-refractivity contribution in [3.63, 3.8) is 0 Å². The van der Waals surface area contributed by atoms with Crippen LogP contribution in [-0.2, 0) is 7.05 Å². The molecule has 0 aliphatic carbocycles. The Bertz CT molecular complexity index is 481. The zero-order valence-corrected chi connectivity index (χ0v) is 10.7. The Kier molecular flexibility index (Phi) is 4.12. The summed E-state index contributed by atoms with van der Waals surface area (Å²) >= 11 is 0. The topological polar surface area (TPSA) is 50.1 Å². The normalized spacial score (nSPS) is 14.4. The van der Waals surface area contributed by atoms with Gasteiger partial charge in [0.25, 0.3) is 0 Å². The second-order valence-corrected chi connectivity index (χ2v) is 4.43. The number of aliphatic hydroxyl groups is 1. The summed E-state index contributed by atoms with van der Waals surface area (Å²) in [6.07, 6.45) is 3.70. The van der Waals surface area contributed by atoms with Crippen LogP contribution in [0.4, 0.5) is 0 Å². The van der Waals surface area contributed by atoms with Crippen LogP contribution in [0.2, 0.25) is 0 Å². The van der Waals surface area contributed by atoms with Crippen molar-refractivity contribution in [2.45, 2.75) is 19.0 Å². The van der Waals surface area contributed by atoms with Crippen LogP contribution < -0.4 is 5.32 Å². The first-order chi connectivity index (χ1) is 8.72. The lowest BCUT2D eigenvalue weighted by Gasteiger charge is -2.21. The molecule has 96 valence electrons. The van der Waals surface area contributed by atoms with Gasteiger partial charge in [0, 0.05) is 19.4 Å². The minimum absolute atomic E-state index is 0.0682. The predicted molar refractivity (Wildman–Crippen MR) is 71.0 cm³/mol. The molecule has 2 aromatic rings. The SMILES string of the molecule is CC(NC(CO)c1ccccc1)c1nccn1C. The van der Waals surface area contributed by atoms with Gasteiger partial charge in [-0.05, 0) is 12.5 Å². The van der Waals surface area contributed by atoms with Crippen molar-refractivity contribution in [1.29, 1.82) is 0 Å². The van der Waals surface area contributed by atoms with Crippen molar-refractivity contribution in [2.24, 2.45) is 7.05 Å². The summed E-state index contributed by atoms with van der Waals surface area (Å²) in [5, 5.41) is 12.9. The van der Waals surface area contributed by atoms with Crippen molar-refractivity contribution >= 4 is 0 Å². The van der Waals surface area contributed by atoms with Gasteiger partial charge >= 0.3 is 0 Å². The Balaban J connectivity index is 2.10. The molecular formula is C14H19N3O. The number of aryl methyl sites for hydroxylation is 1. The number of nitrogens with one attached hydrogen (secondary N) is 1. The van der Waals surface area contributed by atoms with E-state index in [-0.39, 0.29) is 18.7 Å². The van der Waals surface area contributed by atoms with Crippen LogP contribution in [0.3, 0.4) is 0 Å². The Morgan fingerprint density at radius 3 is 2.61 bits per heavy atom. The molecule has 2 rings (SSSR count). The molecular weight excluding hydrogens is 226 g/mol. The van der Waals surface area contributed by atoms with Crippen molar-refractivity contribution < 1.29 is 5.11 Å². The molecule has 0 saturated carbocycles. The van der Waals surface area contributed by atoms with Crippen LogP contribution in [0, 0.1) is 0 Å². The average Bonchev–Trinajstić information content (AvgIpc) is 2.83. The van der Waals surface area contributed by atoms with E-state index >= 15 is 0 Å². The lowest BCUT2D eigenvalue weighted by molar-refractivity contribution is 0.233. The predicted octanol–water partition coefficient (Wildman–Crippen LogP) is 1.80. The Hall–Kier alpha value is -1.65. The number of nitrogens with zero attached hydrogens (tertiary/aromatic N) is 2. The van der Waals surface area contributed by atoms with E-state index in [4.69, 9.17) is 0 Å². The minimum atomic E-state index is -0.0714. The van der Waals surface area contributed by atoms with Crippen molar-refractivity contribution in [2.75, 3.05) is 6.61 Å². The Labute approximate surface area is 107 Å². The molecule has 4 heteroatoms. The van der Waals surface area contributed by atoms with E-state index in [0.29, 0.717) is 0 Å². The second kappa shape index (κ2) is 5.80. The van der Waals surface area contributed by atoms with Crippen molar-refractivity contribution in [3.05, 3.63) is 54.1 Å². The maximum absolute atomic E-state index is 9.51. The molecule has 18 heavy (non-hydrogen) atoms. The lowest BCUT2D eigenvalue weighted by Crippen LogP contribution is -2.28. The van der Waals surface area contributed by atoms with E-state index < -0.39 is 0 Å². The smallest absolute Gasteiger partial charge is 0.125 e. The maximum atomic E-state index is 9.51. The first-order valence-electron chi connectivity index (χ1n) is 6.11. The standard InChI is InChI=1S/C14H19N3O/c1-11(14-15-8-9-17(14)2)16-13(10-18)12-6-4-3-5-7-12/h3-9,11,13,16,18H,10H2,1-2H3. The summed E-state index contributed by atoms with van der Waals surface area (Å²) in [6, 6.07) is 9.97. The summed E-state index contributed by atoms with van der Waals surface area (Å²) in [5.74, 6) is 0.962. The van der Waals surface area contributed by atoms with E-state index in [2.05, 4.69) is 10.3 Å². The number of rotatable bonds is 5. The molecule has 0 amide bonds. The van der Waals surface area contributed by atoms with Crippen LogP contribution in [0.25, 0.3) is 0 Å². The molecule has 0 saturated heterocycles. The molecule has 0 bridgehead atoms. The highest BCUT2D eigenvalue weighted by atomic mass is 16.3. The summed E-state index contributed by atoms with van der Waals surface area (Å²) in [7, 11) is 1.97. The first kappa shape index (κ1) is 12.8. The maximum Gasteiger partial charge on any atom is 0.125 e. The fourth-order valence-electron chi connectivity index (χ4n) is 2.11. The van der Waals surface area contributed by atoms with Gasteiger partial charge in [-0.1, -0.05) is 30.3 Å². The molecule has 0 aliphatic rings. The summed E-state index contributed by atoms with van der Waals surface area (Å²) in [6.45, 7) is 2.12. The Morgan fingerprint density at radius 1 is 1.33 bits per heavy atom. The zero-order chi connectivity index (χ0) is 13.0. The van der Waals surface area contributed by atoms with Gasteiger partial charge in [-0.2, -0.15) is 0 Å². The molecule has 2 N–H and O–H groups in total. The molecule has 1 heterocycles. The number of benzene rings is 1. The van der Waals surface area contributed by atoms with Crippen LogP contribution >= 0.6 is 0 Å². The average molecular weight is 245 g/mol. The van der Waals surface area contributed by atoms with E-state index in [1.165, 1.54) is 0 Å². The third-order valence-corrected chi connectivity index (χ3v) is 3.08. The minimum Gasteiger partial charge on any atom is -0.394 e. The quantitative estimate of drug-likeness (QED) is 0.844. The fraction of sp³-hybridized carbons (Fsp3) is 0.357. The number of hydrogen-bond acceptors (Lipinski definition) is 3. The first-order valence-corrected chi connectivity index (χ1v) is 6.11. The molecule has 0 fully saturated rings. The van der Waals surface area contributed by atoms with Crippen molar-refractivity contribution in [3.8, 4) is 0 Å². The van der Waals surface area contributed by atoms with Crippen molar-refractivity contribution in [1.82, 2.24) is 14.9 Å². The van der Waals surface area contributed by atoms with E-state index in [0.717, 1.165) is 11.4 Å². The van der Waals surface area contributed by atoms with E-state index in [1.54, 1.807) is 6.20 Å². The van der Waals surface area contributed by atoms with Gasteiger partial charge in [-0.15, -0.1) is 0 Å².